The van der Waals surface area contributed by atoms with E-state index in [0.29, 0.717) is 32.1 Å². The van der Waals surface area contributed by atoms with Gasteiger partial charge in [0, 0.05) is 29.8 Å². The van der Waals surface area contributed by atoms with Crippen molar-refractivity contribution in [3.63, 3.8) is 0 Å². The molecule has 1 amide bonds. The second-order valence-electron chi connectivity index (χ2n) is 4.92. The largest absolute Gasteiger partial charge is 0.377 e. The summed E-state index contributed by atoms with van der Waals surface area (Å²) in [6.45, 7) is 4.92. The fraction of sp³-hybridized carbons (Fsp3) is 0.438. The van der Waals surface area contributed by atoms with E-state index in [9.17, 15) is 9.59 Å². The third-order valence-corrected chi connectivity index (χ3v) is 2.95. The zero-order valence-electron chi connectivity index (χ0n) is 13.9. The average molecular weight is 347 g/mol. The van der Waals surface area contributed by atoms with Crippen LogP contribution in [0.25, 0.3) is 10.4 Å². The highest BCUT2D eigenvalue weighted by molar-refractivity contribution is 5.86. The van der Waals surface area contributed by atoms with Crippen LogP contribution in [-0.4, -0.2) is 49.6 Å². The lowest BCUT2D eigenvalue weighted by molar-refractivity contribution is -0.123. The molecule has 0 aromatic carbocycles. The van der Waals surface area contributed by atoms with Gasteiger partial charge in [0.1, 0.15) is 6.61 Å². The Bertz CT molecular complexity index is 611. The highest BCUT2D eigenvalue weighted by Gasteiger charge is 2.05. The van der Waals surface area contributed by atoms with E-state index >= 15 is 0 Å². The van der Waals surface area contributed by atoms with E-state index in [4.69, 9.17) is 15.0 Å². The number of pyridine rings is 1. The van der Waals surface area contributed by atoms with Gasteiger partial charge >= 0.3 is 0 Å². The molecule has 1 heterocycles. The Kier molecular flexibility index (Phi) is 10.3. The van der Waals surface area contributed by atoms with Crippen molar-refractivity contribution in [2.45, 2.75) is 13.0 Å². The first kappa shape index (κ1) is 20.3. The van der Waals surface area contributed by atoms with E-state index in [1.807, 2.05) is 0 Å². The summed E-state index contributed by atoms with van der Waals surface area (Å²) in [4.78, 5) is 29.4. The number of carbonyl (C=O) groups is 2. The van der Waals surface area contributed by atoms with Gasteiger partial charge in [0.15, 0.2) is 5.78 Å². The lowest BCUT2D eigenvalue weighted by Crippen LogP contribution is -2.25. The number of ketones is 1. The number of amides is 1. The van der Waals surface area contributed by atoms with Gasteiger partial charge in [-0.05, 0) is 23.2 Å². The van der Waals surface area contributed by atoms with E-state index in [1.54, 1.807) is 18.3 Å². The van der Waals surface area contributed by atoms with Crippen molar-refractivity contribution < 1.29 is 19.1 Å². The van der Waals surface area contributed by atoms with Crippen molar-refractivity contribution in [3.05, 3.63) is 52.7 Å². The normalized spacial score (nSPS) is 9.92. The number of hydrogen-bond acceptors (Lipinski definition) is 6. The van der Waals surface area contributed by atoms with Crippen LogP contribution in [0.15, 0.2) is 36.1 Å². The SMILES string of the molecule is C=CC(=O)NCCOCCOCC(=O)Cc1ccc(CN=[N+]=[N-])nc1. The number of carbonyl (C=O) groups excluding carboxylic acids is 2. The van der Waals surface area contributed by atoms with Gasteiger partial charge in [-0.2, -0.15) is 0 Å². The number of azide groups is 1. The zero-order valence-corrected chi connectivity index (χ0v) is 13.9. The van der Waals surface area contributed by atoms with Crippen molar-refractivity contribution in [2.24, 2.45) is 5.11 Å². The summed E-state index contributed by atoms with van der Waals surface area (Å²) in [7, 11) is 0. The Morgan fingerprint density at radius 3 is 2.80 bits per heavy atom. The molecule has 0 saturated heterocycles. The summed E-state index contributed by atoms with van der Waals surface area (Å²) in [5.41, 5.74) is 9.66. The molecule has 134 valence electrons. The van der Waals surface area contributed by atoms with Crippen molar-refractivity contribution >= 4 is 11.7 Å². The van der Waals surface area contributed by atoms with Crippen LogP contribution in [0, 0.1) is 0 Å². The Hall–Kier alpha value is -2.74. The first-order valence-corrected chi connectivity index (χ1v) is 7.68. The standard InChI is InChI=1S/C16H21N5O4/c1-2-16(23)18-5-6-24-7-8-25-12-15(22)9-13-3-4-14(19-10-13)11-20-21-17/h2-4,10H,1,5-9,11-12H2,(H,18,23). The molecule has 0 spiro atoms. The van der Waals surface area contributed by atoms with Gasteiger partial charge < -0.3 is 14.8 Å². The highest BCUT2D eigenvalue weighted by atomic mass is 16.5. The molecule has 0 aliphatic rings. The highest BCUT2D eigenvalue weighted by Crippen LogP contribution is 2.03. The molecule has 25 heavy (non-hydrogen) atoms. The predicted octanol–water partition coefficient (Wildman–Crippen LogP) is 1.34. The van der Waals surface area contributed by atoms with Gasteiger partial charge in [-0.25, -0.2) is 0 Å². The number of ether oxygens (including phenoxy) is 2. The van der Waals surface area contributed by atoms with E-state index in [2.05, 4.69) is 26.9 Å². The molecule has 0 saturated carbocycles. The summed E-state index contributed by atoms with van der Waals surface area (Å²) in [6.07, 6.45) is 3.00. The molecule has 9 nitrogen and oxygen atoms in total. The van der Waals surface area contributed by atoms with Crippen LogP contribution in [-0.2, 0) is 32.0 Å². The molecule has 1 rings (SSSR count). The van der Waals surface area contributed by atoms with Crippen molar-refractivity contribution in [3.8, 4) is 0 Å². The molecule has 1 N–H and O–H groups in total. The maximum Gasteiger partial charge on any atom is 0.243 e. The quantitative estimate of drug-likeness (QED) is 0.189. The van der Waals surface area contributed by atoms with Crippen LogP contribution >= 0.6 is 0 Å². The summed E-state index contributed by atoms with van der Waals surface area (Å²) >= 11 is 0. The summed E-state index contributed by atoms with van der Waals surface area (Å²) < 4.78 is 10.5. The van der Waals surface area contributed by atoms with E-state index in [-0.39, 0.29) is 31.3 Å². The summed E-state index contributed by atoms with van der Waals surface area (Å²) in [5.74, 6) is -0.311. The van der Waals surface area contributed by atoms with Gasteiger partial charge in [0.25, 0.3) is 0 Å². The van der Waals surface area contributed by atoms with Gasteiger partial charge in [-0.1, -0.05) is 17.8 Å². The first-order chi connectivity index (χ1) is 12.2. The zero-order chi connectivity index (χ0) is 18.3. The minimum atomic E-state index is -0.245. The molecule has 9 heteroatoms. The monoisotopic (exact) mass is 347 g/mol. The number of hydrogen-bond donors (Lipinski definition) is 1. The van der Waals surface area contributed by atoms with Gasteiger partial charge in [-0.15, -0.1) is 0 Å². The van der Waals surface area contributed by atoms with Crippen LogP contribution in [0.2, 0.25) is 0 Å². The topological polar surface area (TPSA) is 126 Å². The lowest BCUT2D eigenvalue weighted by Gasteiger charge is -2.06. The molecule has 0 fully saturated rings. The maximum atomic E-state index is 11.8. The third kappa shape index (κ3) is 9.87. The molecule has 0 radical (unpaired) electrons. The number of nitrogens with zero attached hydrogens (tertiary/aromatic N) is 4. The van der Waals surface area contributed by atoms with Gasteiger partial charge in [-0.3, -0.25) is 14.6 Å². The third-order valence-electron chi connectivity index (χ3n) is 2.95. The van der Waals surface area contributed by atoms with Gasteiger partial charge in [0.05, 0.1) is 26.4 Å². The van der Waals surface area contributed by atoms with Crippen LogP contribution < -0.4 is 5.32 Å². The van der Waals surface area contributed by atoms with Gasteiger partial charge in [0.2, 0.25) is 5.91 Å². The first-order valence-electron chi connectivity index (χ1n) is 7.68. The maximum absolute atomic E-state index is 11.8. The minimum absolute atomic E-state index is 0.00294. The Morgan fingerprint density at radius 2 is 2.12 bits per heavy atom. The smallest absolute Gasteiger partial charge is 0.243 e. The number of rotatable bonds is 13. The molecule has 1 aromatic rings. The van der Waals surface area contributed by atoms with E-state index in [1.165, 1.54) is 6.08 Å². The summed E-state index contributed by atoms with van der Waals surface area (Å²) in [6, 6.07) is 3.49. The van der Waals surface area contributed by atoms with Crippen LogP contribution in [0.3, 0.4) is 0 Å². The molecule has 0 aliphatic carbocycles. The average Bonchev–Trinajstić information content (AvgIpc) is 2.63. The minimum Gasteiger partial charge on any atom is -0.377 e. The fourth-order valence-electron chi connectivity index (χ4n) is 1.76. The molecular weight excluding hydrogens is 326 g/mol. The summed E-state index contributed by atoms with van der Waals surface area (Å²) in [5, 5.41) is 5.99. The molecule has 1 aromatic heterocycles. The number of aromatic nitrogens is 1. The second kappa shape index (κ2) is 12.7. The van der Waals surface area contributed by atoms with E-state index in [0.717, 1.165) is 5.56 Å². The van der Waals surface area contributed by atoms with Crippen molar-refractivity contribution in [1.82, 2.24) is 10.3 Å². The van der Waals surface area contributed by atoms with Crippen molar-refractivity contribution in [2.75, 3.05) is 33.0 Å². The van der Waals surface area contributed by atoms with Crippen LogP contribution in [0.4, 0.5) is 0 Å². The predicted molar refractivity (Wildman–Crippen MR) is 90.6 cm³/mol. The number of nitrogens with one attached hydrogen (secondary N) is 1. The molecule has 0 bridgehead atoms. The molecule has 0 unspecified atom stereocenters. The molecule has 0 aliphatic heterocycles. The van der Waals surface area contributed by atoms with Crippen molar-refractivity contribution in [1.29, 1.82) is 0 Å². The Balaban J connectivity index is 2.09. The van der Waals surface area contributed by atoms with Crippen LogP contribution in [0.1, 0.15) is 11.3 Å². The fourth-order valence-corrected chi connectivity index (χ4v) is 1.76. The molecular formula is C16H21N5O4. The van der Waals surface area contributed by atoms with Crippen LogP contribution in [0.5, 0.6) is 0 Å². The van der Waals surface area contributed by atoms with E-state index < -0.39 is 0 Å². The second-order valence-corrected chi connectivity index (χ2v) is 4.92. The lowest BCUT2D eigenvalue weighted by atomic mass is 10.1. The Labute approximate surface area is 145 Å². The number of Topliss-reactive ketones (excluding diaryl/α,β-unsaturated/α-hetero) is 1. The molecule has 0 atom stereocenters. The Morgan fingerprint density at radius 1 is 1.32 bits per heavy atom.